The van der Waals surface area contributed by atoms with E-state index in [0.717, 1.165) is 5.57 Å². The minimum absolute atomic E-state index is 0.282. The van der Waals surface area contributed by atoms with Crippen molar-refractivity contribution in [3.63, 3.8) is 0 Å². The highest BCUT2D eigenvalue weighted by atomic mass is 16.6. The summed E-state index contributed by atoms with van der Waals surface area (Å²) in [4.78, 5) is 10.2. The molecule has 0 fully saturated rings. The summed E-state index contributed by atoms with van der Waals surface area (Å²) in [7, 11) is 0. The first-order valence-electron chi connectivity index (χ1n) is 4.46. The zero-order chi connectivity index (χ0) is 10.6. The van der Waals surface area contributed by atoms with E-state index in [1.165, 1.54) is 12.2 Å². The Morgan fingerprint density at radius 2 is 2.36 bits per heavy atom. The van der Waals surface area contributed by atoms with Crippen LogP contribution in [0.4, 0.5) is 0 Å². The molecule has 5 heteroatoms. The number of aliphatic hydroxyl groups is 2. The van der Waals surface area contributed by atoms with Gasteiger partial charge in [0.15, 0.2) is 6.29 Å². The van der Waals surface area contributed by atoms with Gasteiger partial charge in [-0.3, -0.25) is 10.1 Å². The third-order valence-electron chi connectivity index (χ3n) is 2.16. The summed E-state index contributed by atoms with van der Waals surface area (Å²) in [6.07, 6.45) is 4.73. The maximum absolute atomic E-state index is 10.5. The van der Waals surface area contributed by atoms with Crippen molar-refractivity contribution in [3.8, 4) is 0 Å². The molecule has 1 atom stereocenters. The van der Waals surface area contributed by atoms with Crippen LogP contribution < -0.4 is 0 Å². The number of nitrogens with zero attached hydrogens (tertiary/aromatic N) is 1. The Morgan fingerprint density at radius 3 is 2.93 bits per heavy atom. The summed E-state index contributed by atoms with van der Waals surface area (Å²) in [5, 5.41) is 27.6. The molecule has 0 aromatic carbocycles. The summed E-state index contributed by atoms with van der Waals surface area (Å²) in [6, 6.07) is -0.532. The first-order valence-corrected chi connectivity index (χ1v) is 4.46. The van der Waals surface area contributed by atoms with Crippen molar-refractivity contribution in [2.75, 3.05) is 0 Å². The Labute approximate surface area is 81.5 Å². The fourth-order valence-electron chi connectivity index (χ4n) is 1.44. The van der Waals surface area contributed by atoms with Gasteiger partial charge in [0.2, 0.25) is 6.04 Å². The van der Waals surface area contributed by atoms with E-state index in [1.807, 2.05) is 6.08 Å². The summed E-state index contributed by atoms with van der Waals surface area (Å²) < 4.78 is 0. The van der Waals surface area contributed by atoms with Crippen LogP contribution in [0, 0.1) is 10.1 Å². The lowest BCUT2D eigenvalue weighted by Crippen LogP contribution is -2.21. The van der Waals surface area contributed by atoms with Crippen LogP contribution in [-0.2, 0) is 0 Å². The molecule has 14 heavy (non-hydrogen) atoms. The molecular formula is C9H13NO4. The fraction of sp³-hybridized carbons (Fsp3) is 0.556. The van der Waals surface area contributed by atoms with Gasteiger partial charge in [-0.15, -0.1) is 0 Å². The number of rotatable bonds is 3. The van der Waals surface area contributed by atoms with Crippen LogP contribution in [0.1, 0.15) is 19.3 Å². The number of aliphatic hydroxyl groups excluding tert-OH is 1. The minimum Gasteiger partial charge on any atom is -0.365 e. The van der Waals surface area contributed by atoms with Crippen molar-refractivity contribution in [2.24, 2.45) is 0 Å². The Morgan fingerprint density at radius 1 is 1.64 bits per heavy atom. The van der Waals surface area contributed by atoms with Crippen LogP contribution in [0.2, 0.25) is 0 Å². The first kappa shape index (κ1) is 10.9. The average molecular weight is 199 g/mol. The Hall–Kier alpha value is -1.20. The molecule has 1 aliphatic carbocycles. The molecule has 0 aliphatic heterocycles. The second kappa shape index (κ2) is 4.88. The lowest BCUT2D eigenvalue weighted by molar-refractivity contribution is -0.523. The second-order valence-electron chi connectivity index (χ2n) is 3.27. The molecule has 0 spiro atoms. The number of hydrogen-bond acceptors (Lipinski definition) is 4. The van der Waals surface area contributed by atoms with Crippen LogP contribution in [0.25, 0.3) is 0 Å². The number of nitro groups is 1. The molecule has 0 bridgehead atoms. The third-order valence-corrected chi connectivity index (χ3v) is 2.16. The second-order valence-corrected chi connectivity index (χ2v) is 3.27. The van der Waals surface area contributed by atoms with Crippen molar-refractivity contribution in [3.05, 3.63) is 33.9 Å². The molecule has 1 unspecified atom stereocenters. The van der Waals surface area contributed by atoms with Gasteiger partial charge in [-0.25, -0.2) is 0 Å². The van der Waals surface area contributed by atoms with Gasteiger partial charge in [0.05, 0.1) is 0 Å². The van der Waals surface area contributed by atoms with E-state index < -0.39 is 12.3 Å². The van der Waals surface area contributed by atoms with Crippen molar-refractivity contribution in [2.45, 2.75) is 31.6 Å². The Balaban J connectivity index is 2.55. The molecule has 0 aromatic heterocycles. The standard InChI is InChI=1S/C9H13NO4/c11-9(12)5-4-7-2-1-3-8(6-7)10(13)14/h2,4-5,8-9,11-12H,1,3,6H2/b5-4+. The summed E-state index contributed by atoms with van der Waals surface area (Å²) >= 11 is 0. The molecular weight excluding hydrogens is 186 g/mol. The zero-order valence-electron chi connectivity index (χ0n) is 7.67. The van der Waals surface area contributed by atoms with Gasteiger partial charge in [-0.1, -0.05) is 12.2 Å². The maximum Gasteiger partial charge on any atom is 0.217 e. The van der Waals surface area contributed by atoms with E-state index in [4.69, 9.17) is 10.2 Å². The van der Waals surface area contributed by atoms with E-state index in [0.29, 0.717) is 19.3 Å². The van der Waals surface area contributed by atoms with Gasteiger partial charge in [0, 0.05) is 17.8 Å². The monoisotopic (exact) mass is 199 g/mol. The quantitative estimate of drug-likeness (QED) is 0.396. The van der Waals surface area contributed by atoms with Gasteiger partial charge in [0.25, 0.3) is 0 Å². The molecule has 0 saturated heterocycles. The highest BCUT2D eigenvalue weighted by molar-refractivity contribution is 5.21. The van der Waals surface area contributed by atoms with Gasteiger partial charge < -0.3 is 10.2 Å². The van der Waals surface area contributed by atoms with Crippen molar-refractivity contribution < 1.29 is 15.1 Å². The fourth-order valence-corrected chi connectivity index (χ4v) is 1.44. The highest BCUT2D eigenvalue weighted by Crippen LogP contribution is 2.21. The average Bonchev–Trinajstić information content (AvgIpc) is 2.15. The van der Waals surface area contributed by atoms with Crippen molar-refractivity contribution >= 4 is 0 Å². The summed E-state index contributed by atoms with van der Waals surface area (Å²) in [5.74, 6) is 0. The van der Waals surface area contributed by atoms with E-state index >= 15 is 0 Å². The third kappa shape index (κ3) is 3.27. The molecule has 0 amide bonds. The lowest BCUT2D eigenvalue weighted by Gasteiger charge is -2.14. The van der Waals surface area contributed by atoms with Crippen molar-refractivity contribution in [1.29, 1.82) is 0 Å². The molecule has 1 rings (SSSR count). The van der Waals surface area contributed by atoms with Gasteiger partial charge >= 0.3 is 0 Å². The first-order chi connectivity index (χ1) is 6.59. The van der Waals surface area contributed by atoms with Gasteiger partial charge in [-0.05, 0) is 18.1 Å². The smallest absolute Gasteiger partial charge is 0.217 e. The number of allylic oxidation sites excluding steroid dienone is 2. The SMILES string of the molecule is O=[N+]([O-])C1CCC=C(/C=C/C(O)O)C1. The van der Waals surface area contributed by atoms with Crippen LogP contribution in [0.3, 0.4) is 0 Å². The lowest BCUT2D eigenvalue weighted by atomic mass is 9.95. The molecule has 5 nitrogen and oxygen atoms in total. The summed E-state index contributed by atoms with van der Waals surface area (Å²) in [5.41, 5.74) is 0.797. The molecule has 2 N–H and O–H groups in total. The van der Waals surface area contributed by atoms with Crippen LogP contribution in [0.15, 0.2) is 23.8 Å². The van der Waals surface area contributed by atoms with E-state index in [9.17, 15) is 10.1 Å². The largest absolute Gasteiger partial charge is 0.365 e. The van der Waals surface area contributed by atoms with Crippen LogP contribution in [0.5, 0.6) is 0 Å². The predicted octanol–water partition coefficient (Wildman–Crippen LogP) is 0.609. The molecule has 0 aromatic rings. The van der Waals surface area contributed by atoms with E-state index in [-0.39, 0.29) is 4.92 Å². The molecule has 0 heterocycles. The van der Waals surface area contributed by atoms with Crippen molar-refractivity contribution in [1.82, 2.24) is 0 Å². The number of hydrogen-bond donors (Lipinski definition) is 2. The van der Waals surface area contributed by atoms with Gasteiger partial charge in [-0.2, -0.15) is 0 Å². The molecule has 1 aliphatic rings. The Bertz CT molecular complexity index is 270. The maximum atomic E-state index is 10.5. The zero-order valence-corrected chi connectivity index (χ0v) is 7.67. The predicted molar refractivity (Wildman–Crippen MR) is 50.1 cm³/mol. The molecule has 0 radical (unpaired) electrons. The summed E-state index contributed by atoms with van der Waals surface area (Å²) in [6.45, 7) is 0. The van der Waals surface area contributed by atoms with Crippen LogP contribution in [-0.4, -0.2) is 27.5 Å². The highest BCUT2D eigenvalue weighted by Gasteiger charge is 2.23. The normalized spacial score (nSPS) is 22.8. The van der Waals surface area contributed by atoms with Crippen LogP contribution >= 0.6 is 0 Å². The van der Waals surface area contributed by atoms with E-state index in [2.05, 4.69) is 0 Å². The Kier molecular flexibility index (Phi) is 3.79. The molecule has 0 saturated carbocycles. The topological polar surface area (TPSA) is 83.6 Å². The van der Waals surface area contributed by atoms with E-state index in [1.54, 1.807) is 0 Å². The molecule has 78 valence electrons. The van der Waals surface area contributed by atoms with Gasteiger partial charge in [0.1, 0.15) is 0 Å². The minimum atomic E-state index is -1.49.